The summed E-state index contributed by atoms with van der Waals surface area (Å²) in [5.41, 5.74) is 1.13. The zero-order valence-electron chi connectivity index (χ0n) is 10.3. The van der Waals surface area contributed by atoms with Crippen molar-refractivity contribution < 1.29 is 9.15 Å². The maximum atomic E-state index is 5.70. The van der Waals surface area contributed by atoms with E-state index >= 15 is 0 Å². The number of hydrogen-bond donors (Lipinski definition) is 1. The molecule has 0 fully saturated rings. The second-order valence-electron chi connectivity index (χ2n) is 4.01. The molecule has 2 rings (SSSR count). The van der Waals surface area contributed by atoms with E-state index in [2.05, 4.69) is 21.2 Å². The molecule has 0 amide bonds. The van der Waals surface area contributed by atoms with Crippen LogP contribution in [-0.4, -0.2) is 13.2 Å². The maximum Gasteiger partial charge on any atom is 0.122 e. The molecule has 0 saturated heterocycles. The highest BCUT2D eigenvalue weighted by Gasteiger charge is 2.00. The highest BCUT2D eigenvalue weighted by Crippen LogP contribution is 2.21. The van der Waals surface area contributed by atoms with Gasteiger partial charge in [-0.2, -0.15) is 0 Å². The van der Waals surface area contributed by atoms with Gasteiger partial charge in [0, 0.05) is 11.0 Å². The third-order valence-corrected chi connectivity index (χ3v) is 3.05. The van der Waals surface area contributed by atoms with Crippen LogP contribution >= 0.6 is 15.9 Å². The third kappa shape index (κ3) is 3.89. The van der Waals surface area contributed by atoms with Gasteiger partial charge in [0.15, 0.2) is 0 Å². The van der Waals surface area contributed by atoms with Crippen molar-refractivity contribution in [1.82, 2.24) is 5.32 Å². The van der Waals surface area contributed by atoms with E-state index in [0.717, 1.165) is 34.6 Å². The Morgan fingerprint density at radius 2 is 2.22 bits per heavy atom. The minimum atomic E-state index is 0.642. The van der Waals surface area contributed by atoms with Crippen molar-refractivity contribution in [2.75, 3.05) is 13.2 Å². The Balaban J connectivity index is 1.69. The average Bonchev–Trinajstić information content (AvgIpc) is 2.84. The molecule has 0 radical (unpaired) electrons. The van der Waals surface area contributed by atoms with Gasteiger partial charge in [-0.3, -0.25) is 0 Å². The lowest BCUT2D eigenvalue weighted by Crippen LogP contribution is -2.20. The summed E-state index contributed by atoms with van der Waals surface area (Å²) < 4.78 is 12.0. The highest BCUT2D eigenvalue weighted by atomic mass is 79.9. The van der Waals surface area contributed by atoms with Crippen molar-refractivity contribution in [1.29, 1.82) is 0 Å². The van der Waals surface area contributed by atoms with Crippen LogP contribution in [0.3, 0.4) is 0 Å². The van der Waals surface area contributed by atoms with Crippen LogP contribution in [-0.2, 0) is 6.54 Å². The number of rotatable bonds is 6. The molecule has 0 unspecified atom stereocenters. The third-order valence-electron chi connectivity index (χ3n) is 2.55. The topological polar surface area (TPSA) is 34.4 Å². The van der Waals surface area contributed by atoms with Crippen LogP contribution in [0, 0.1) is 6.92 Å². The van der Waals surface area contributed by atoms with Crippen LogP contribution < -0.4 is 10.1 Å². The van der Waals surface area contributed by atoms with E-state index < -0.39 is 0 Å². The van der Waals surface area contributed by atoms with Crippen LogP contribution in [0.15, 0.2) is 45.5 Å². The molecule has 0 aliphatic carbocycles. The zero-order valence-corrected chi connectivity index (χ0v) is 11.9. The molecule has 1 N–H and O–H groups in total. The normalized spacial score (nSPS) is 10.6. The number of hydrogen-bond acceptors (Lipinski definition) is 3. The van der Waals surface area contributed by atoms with E-state index in [1.165, 1.54) is 0 Å². The van der Waals surface area contributed by atoms with Crippen molar-refractivity contribution in [3.05, 3.63) is 52.4 Å². The summed E-state index contributed by atoms with van der Waals surface area (Å²) in [7, 11) is 0. The monoisotopic (exact) mass is 309 g/mol. The summed E-state index contributed by atoms with van der Waals surface area (Å²) in [6.45, 7) is 4.20. The fraction of sp³-hybridized carbons (Fsp3) is 0.286. The summed E-state index contributed by atoms with van der Waals surface area (Å²) in [4.78, 5) is 0. The molecule has 96 valence electrons. The standard InChI is InChI=1S/C14H16BrNO2/c1-11-9-12(15)4-5-14(11)18-8-6-16-10-13-3-2-7-17-13/h2-5,7,9,16H,6,8,10H2,1H3. The molecule has 0 spiro atoms. The fourth-order valence-corrected chi connectivity index (χ4v) is 2.11. The van der Waals surface area contributed by atoms with E-state index in [9.17, 15) is 0 Å². The average molecular weight is 310 g/mol. The number of aryl methyl sites for hydroxylation is 1. The Bertz CT molecular complexity index is 483. The van der Waals surface area contributed by atoms with Crippen LogP contribution in [0.4, 0.5) is 0 Å². The number of benzene rings is 1. The molecule has 0 bridgehead atoms. The zero-order chi connectivity index (χ0) is 12.8. The van der Waals surface area contributed by atoms with Crippen molar-refractivity contribution in [3.8, 4) is 5.75 Å². The maximum absolute atomic E-state index is 5.70. The van der Waals surface area contributed by atoms with Crippen LogP contribution in [0.25, 0.3) is 0 Å². The number of halogens is 1. The van der Waals surface area contributed by atoms with Gasteiger partial charge in [-0.05, 0) is 42.8 Å². The quantitative estimate of drug-likeness (QED) is 0.829. The SMILES string of the molecule is Cc1cc(Br)ccc1OCCNCc1ccco1. The van der Waals surface area contributed by atoms with Crippen LogP contribution in [0.1, 0.15) is 11.3 Å². The first kappa shape index (κ1) is 13.2. The lowest BCUT2D eigenvalue weighted by atomic mass is 10.2. The molecule has 3 nitrogen and oxygen atoms in total. The number of furan rings is 1. The lowest BCUT2D eigenvalue weighted by molar-refractivity contribution is 0.309. The first-order chi connectivity index (χ1) is 8.75. The van der Waals surface area contributed by atoms with Crippen molar-refractivity contribution >= 4 is 15.9 Å². The molecular weight excluding hydrogens is 294 g/mol. The second kappa shape index (κ2) is 6.61. The molecule has 0 aliphatic rings. The lowest BCUT2D eigenvalue weighted by Gasteiger charge is -2.09. The van der Waals surface area contributed by atoms with Gasteiger partial charge in [0.25, 0.3) is 0 Å². The highest BCUT2D eigenvalue weighted by molar-refractivity contribution is 9.10. The van der Waals surface area contributed by atoms with Gasteiger partial charge in [0.1, 0.15) is 18.1 Å². The summed E-state index contributed by atoms with van der Waals surface area (Å²) >= 11 is 3.43. The smallest absolute Gasteiger partial charge is 0.122 e. The Labute approximate surface area is 115 Å². The van der Waals surface area contributed by atoms with Crippen LogP contribution in [0.5, 0.6) is 5.75 Å². The van der Waals surface area contributed by atoms with E-state index in [4.69, 9.17) is 9.15 Å². The Kier molecular flexibility index (Phi) is 4.84. The van der Waals surface area contributed by atoms with Crippen LogP contribution in [0.2, 0.25) is 0 Å². The first-order valence-corrected chi connectivity index (χ1v) is 6.67. The molecular formula is C14H16BrNO2. The summed E-state index contributed by atoms with van der Waals surface area (Å²) in [5.74, 6) is 1.87. The summed E-state index contributed by atoms with van der Waals surface area (Å²) in [6, 6.07) is 9.85. The van der Waals surface area contributed by atoms with Gasteiger partial charge in [-0.15, -0.1) is 0 Å². The molecule has 1 heterocycles. The largest absolute Gasteiger partial charge is 0.492 e. The van der Waals surface area contributed by atoms with Gasteiger partial charge >= 0.3 is 0 Å². The molecule has 18 heavy (non-hydrogen) atoms. The molecule has 2 aromatic rings. The van der Waals surface area contributed by atoms with E-state index in [0.29, 0.717) is 6.61 Å². The number of nitrogens with one attached hydrogen (secondary N) is 1. The second-order valence-corrected chi connectivity index (χ2v) is 4.93. The molecule has 0 atom stereocenters. The molecule has 1 aromatic heterocycles. The van der Waals surface area contributed by atoms with E-state index in [1.807, 2.05) is 37.3 Å². The molecule has 0 aliphatic heterocycles. The van der Waals surface area contributed by atoms with Crippen molar-refractivity contribution in [2.24, 2.45) is 0 Å². The fourth-order valence-electron chi connectivity index (χ4n) is 1.63. The van der Waals surface area contributed by atoms with Crippen molar-refractivity contribution in [3.63, 3.8) is 0 Å². The summed E-state index contributed by atoms with van der Waals surface area (Å²) in [5, 5.41) is 3.26. The van der Waals surface area contributed by atoms with Gasteiger partial charge in [0.05, 0.1) is 12.8 Å². The minimum Gasteiger partial charge on any atom is -0.492 e. The van der Waals surface area contributed by atoms with Gasteiger partial charge in [0.2, 0.25) is 0 Å². The Hall–Kier alpha value is -1.26. The minimum absolute atomic E-state index is 0.642. The van der Waals surface area contributed by atoms with E-state index in [-0.39, 0.29) is 0 Å². The van der Waals surface area contributed by atoms with Gasteiger partial charge < -0.3 is 14.5 Å². The van der Waals surface area contributed by atoms with E-state index in [1.54, 1.807) is 6.26 Å². The Morgan fingerprint density at radius 3 is 2.94 bits per heavy atom. The molecule has 0 saturated carbocycles. The van der Waals surface area contributed by atoms with Gasteiger partial charge in [-0.1, -0.05) is 15.9 Å². The number of ether oxygens (including phenoxy) is 1. The Morgan fingerprint density at radius 1 is 1.33 bits per heavy atom. The van der Waals surface area contributed by atoms with Crippen molar-refractivity contribution in [2.45, 2.75) is 13.5 Å². The molecule has 4 heteroatoms. The molecule has 1 aromatic carbocycles. The summed E-state index contributed by atoms with van der Waals surface area (Å²) in [6.07, 6.45) is 1.68. The first-order valence-electron chi connectivity index (χ1n) is 5.88. The predicted octanol–water partition coefficient (Wildman–Crippen LogP) is 3.52. The van der Waals surface area contributed by atoms with Gasteiger partial charge in [-0.25, -0.2) is 0 Å². The predicted molar refractivity (Wildman–Crippen MR) is 74.8 cm³/mol.